The number of pyridine rings is 1. The first-order valence-corrected chi connectivity index (χ1v) is 14.9. The molecule has 0 N–H and O–H groups in total. The second-order valence-corrected chi connectivity index (χ2v) is 11.0. The van der Waals surface area contributed by atoms with Gasteiger partial charge in [-0.15, -0.1) is 0 Å². The third-order valence-electron chi connectivity index (χ3n) is 8.84. The zero-order valence-corrected chi connectivity index (χ0v) is 26.6. The van der Waals surface area contributed by atoms with Crippen LogP contribution in [0.3, 0.4) is 0 Å². The molecule has 1 aliphatic rings. The van der Waals surface area contributed by atoms with E-state index in [1.165, 1.54) is 0 Å². The molecule has 0 atom stereocenters. The van der Waals surface area contributed by atoms with Crippen LogP contribution in [0.25, 0.3) is 49.9 Å². The minimum absolute atomic E-state index is 0.141. The Morgan fingerprint density at radius 2 is 1.24 bits per heavy atom. The first-order chi connectivity index (χ1) is 22.5. The van der Waals surface area contributed by atoms with Crippen molar-refractivity contribution < 1.29 is 28.4 Å². The number of hydrogen-bond donors (Lipinski definition) is 0. The Balaban J connectivity index is 1.74. The van der Waals surface area contributed by atoms with Gasteiger partial charge in [-0.1, -0.05) is 24.3 Å². The van der Waals surface area contributed by atoms with Crippen LogP contribution in [0, 0.1) is 0 Å². The van der Waals surface area contributed by atoms with Crippen molar-refractivity contribution in [1.29, 1.82) is 0 Å². The van der Waals surface area contributed by atoms with Crippen LogP contribution in [0.4, 0.5) is 0 Å². The van der Waals surface area contributed by atoms with E-state index in [1.807, 2.05) is 72.8 Å². The van der Waals surface area contributed by atoms with Gasteiger partial charge in [0.1, 0.15) is 5.52 Å². The maximum atomic E-state index is 15.0. The number of aryl methyl sites for hydroxylation is 2. The molecule has 0 saturated heterocycles. The van der Waals surface area contributed by atoms with Crippen LogP contribution in [0.2, 0.25) is 0 Å². The van der Waals surface area contributed by atoms with E-state index in [2.05, 4.69) is 4.57 Å². The fourth-order valence-electron chi connectivity index (χ4n) is 6.76. The van der Waals surface area contributed by atoms with E-state index < -0.39 is 0 Å². The molecule has 6 aromatic rings. The first-order valence-electron chi connectivity index (χ1n) is 14.9. The van der Waals surface area contributed by atoms with E-state index in [0.717, 1.165) is 44.4 Å². The topological polar surface area (TPSA) is 82.3 Å². The van der Waals surface area contributed by atoms with Crippen LogP contribution in [-0.4, -0.2) is 51.8 Å². The summed E-state index contributed by atoms with van der Waals surface area (Å²) in [4.78, 5) is 15.0. The van der Waals surface area contributed by atoms with E-state index in [9.17, 15) is 4.79 Å². The van der Waals surface area contributed by atoms with Gasteiger partial charge in [0.25, 0.3) is 5.56 Å². The Labute approximate surface area is 266 Å². The van der Waals surface area contributed by atoms with Crippen LogP contribution in [0.15, 0.2) is 77.6 Å². The molecule has 234 valence electrons. The summed E-state index contributed by atoms with van der Waals surface area (Å²) in [5, 5.41) is 1.64. The Bertz CT molecular complexity index is 2200. The van der Waals surface area contributed by atoms with Crippen LogP contribution in [0.5, 0.6) is 34.5 Å². The summed E-state index contributed by atoms with van der Waals surface area (Å²) in [6.07, 6.45) is 0.701. The van der Waals surface area contributed by atoms with Crippen LogP contribution >= 0.6 is 0 Å². The monoisotopic (exact) mass is 618 g/mol. The summed E-state index contributed by atoms with van der Waals surface area (Å²) in [6.45, 7) is 0.588. The number of hydrogen-bond acceptors (Lipinski definition) is 7. The molecule has 1 aliphatic heterocycles. The van der Waals surface area contributed by atoms with Gasteiger partial charge < -0.3 is 33.0 Å². The van der Waals surface area contributed by atoms with Crippen molar-refractivity contribution in [2.45, 2.75) is 13.0 Å². The van der Waals surface area contributed by atoms with Gasteiger partial charge in [0.05, 0.1) is 53.9 Å². The van der Waals surface area contributed by atoms with Gasteiger partial charge in [-0.05, 0) is 60.0 Å². The fraction of sp³-hybridized carbons (Fsp3) is 0.216. The van der Waals surface area contributed by atoms with Gasteiger partial charge in [-0.3, -0.25) is 9.36 Å². The molecular weight excluding hydrogens is 584 g/mol. The quantitative estimate of drug-likeness (QED) is 0.184. The second-order valence-electron chi connectivity index (χ2n) is 11.0. The highest BCUT2D eigenvalue weighted by Crippen LogP contribution is 2.50. The first kappa shape index (κ1) is 29.2. The number of methoxy groups -OCH3 is 6. The largest absolute Gasteiger partial charge is 0.493 e. The number of nitrogens with zero attached hydrogens (tertiary/aromatic N) is 2. The third-order valence-corrected chi connectivity index (χ3v) is 8.84. The smallest absolute Gasteiger partial charge is 0.280 e. The van der Waals surface area contributed by atoms with Gasteiger partial charge in [-0.25, -0.2) is 0 Å². The number of para-hydroxylation sites is 1. The molecule has 0 amide bonds. The molecule has 0 fully saturated rings. The van der Waals surface area contributed by atoms with Gasteiger partial charge in [-0.2, -0.15) is 0 Å². The molecule has 0 bridgehead atoms. The molecule has 0 unspecified atom stereocenters. The van der Waals surface area contributed by atoms with Crippen LogP contribution < -0.4 is 34.0 Å². The summed E-state index contributed by atoms with van der Waals surface area (Å²) < 4.78 is 38.2. The lowest BCUT2D eigenvalue weighted by Crippen LogP contribution is -2.23. The van der Waals surface area contributed by atoms with Crippen molar-refractivity contribution in [3.05, 3.63) is 88.7 Å². The SMILES string of the molecule is COc1ccc(-c2c3n(c4c(=O)n(-c5ccccc5)c5cc(OC)c(OC)cc5c24)CCc2cc(OC)c(OC)cc2-3)cc1OC. The molecule has 46 heavy (non-hydrogen) atoms. The van der Waals surface area contributed by atoms with Gasteiger partial charge in [0, 0.05) is 40.2 Å². The molecule has 0 saturated carbocycles. The fourth-order valence-corrected chi connectivity index (χ4v) is 6.76. The highest BCUT2D eigenvalue weighted by Gasteiger charge is 2.31. The lowest BCUT2D eigenvalue weighted by Gasteiger charge is -2.23. The summed E-state index contributed by atoms with van der Waals surface area (Å²) in [7, 11) is 9.71. The Hall–Kier alpha value is -5.57. The number of rotatable bonds is 8. The predicted octanol–water partition coefficient (Wildman–Crippen LogP) is 6.89. The Morgan fingerprint density at radius 1 is 0.630 bits per heavy atom. The minimum atomic E-state index is -0.141. The maximum absolute atomic E-state index is 15.0. The molecule has 4 aromatic carbocycles. The third kappa shape index (κ3) is 4.26. The number of benzene rings is 4. The normalized spacial score (nSPS) is 12.0. The number of fused-ring (bicyclic) bond motifs is 7. The molecule has 9 heteroatoms. The molecule has 0 radical (unpaired) electrons. The molecule has 0 aliphatic carbocycles. The summed E-state index contributed by atoms with van der Waals surface area (Å²) in [6, 6.07) is 23.4. The minimum Gasteiger partial charge on any atom is -0.493 e. The van der Waals surface area contributed by atoms with Gasteiger partial charge in [0.2, 0.25) is 0 Å². The van der Waals surface area contributed by atoms with E-state index in [4.69, 9.17) is 28.4 Å². The summed E-state index contributed by atoms with van der Waals surface area (Å²) >= 11 is 0. The van der Waals surface area contributed by atoms with Crippen LogP contribution in [0.1, 0.15) is 5.56 Å². The number of ether oxygens (including phenoxy) is 6. The van der Waals surface area contributed by atoms with Crippen molar-refractivity contribution in [3.8, 4) is 62.6 Å². The highest BCUT2D eigenvalue weighted by atomic mass is 16.5. The number of aromatic nitrogens is 2. The molecule has 9 nitrogen and oxygen atoms in total. The Morgan fingerprint density at radius 3 is 1.91 bits per heavy atom. The lowest BCUT2D eigenvalue weighted by atomic mass is 9.91. The van der Waals surface area contributed by atoms with Crippen molar-refractivity contribution in [1.82, 2.24) is 9.13 Å². The Kier molecular flexibility index (Phi) is 7.23. The van der Waals surface area contributed by atoms with E-state index in [-0.39, 0.29) is 5.56 Å². The molecule has 7 rings (SSSR count). The molecule has 3 heterocycles. The van der Waals surface area contributed by atoms with Gasteiger partial charge >= 0.3 is 0 Å². The molecule has 0 spiro atoms. The van der Waals surface area contributed by atoms with Crippen molar-refractivity contribution in [3.63, 3.8) is 0 Å². The average molecular weight is 619 g/mol. The van der Waals surface area contributed by atoms with Crippen molar-refractivity contribution in [2.75, 3.05) is 42.7 Å². The van der Waals surface area contributed by atoms with E-state index in [0.29, 0.717) is 58.5 Å². The molecular formula is C37H34N2O7. The average Bonchev–Trinajstić information content (AvgIpc) is 3.46. The zero-order chi connectivity index (χ0) is 32.1. The van der Waals surface area contributed by atoms with E-state index in [1.54, 1.807) is 47.2 Å². The predicted molar refractivity (Wildman–Crippen MR) is 179 cm³/mol. The summed E-state index contributed by atoms with van der Waals surface area (Å²) in [5.74, 6) is 3.54. The van der Waals surface area contributed by atoms with Crippen molar-refractivity contribution in [2.24, 2.45) is 0 Å². The standard InChI is InChI=1S/C37H34N2O7/c1-41-27-13-12-22(17-28(27)42-2)33-34-25-19-31(45-5)32(46-6)20-26(25)39(23-10-8-7-9-11-23)37(40)36(34)38-15-14-21-16-29(43-3)30(44-4)18-24(21)35(33)38/h7-13,16-20H,14-15H2,1-6H3. The maximum Gasteiger partial charge on any atom is 0.280 e. The van der Waals surface area contributed by atoms with E-state index >= 15 is 0 Å². The lowest BCUT2D eigenvalue weighted by molar-refractivity contribution is 0.354. The van der Waals surface area contributed by atoms with Crippen LogP contribution in [-0.2, 0) is 13.0 Å². The zero-order valence-electron chi connectivity index (χ0n) is 26.6. The summed E-state index contributed by atoms with van der Waals surface area (Å²) in [5.41, 5.74) is 6.61. The van der Waals surface area contributed by atoms with Gasteiger partial charge in [0.15, 0.2) is 34.5 Å². The molecule has 2 aromatic heterocycles. The highest BCUT2D eigenvalue weighted by molar-refractivity contribution is 6.18. The second kappa shape index (κ2) is 11.4. The van der Waals surface area contributed by atoms with Crippen molar-refractivity contribution >= 4 is 21.8 Å².